The Hall–Kier alpha value is -1.45. The molecule has 1 aromatic carbocycles. The van der Waals surface area contributed by atoms with Crippen LogP contribution in [-0.4, -0.2) is 11.7 Å². The predicted molar refractivity (Wildman–Crippen MR) is 83.3 cm³/mol. The van der Waals surface area contributed by atoms with Gasteiger partial charge in [-0.25, -0.2) is 0 Å². The Morgan fingerprint density at radius 3 is 2.70 bits per heavy atom. The van der Waals surface area contributed by atoms with Crippen molar-refractivity contribution in [2.75, 3.05) is 7.11 Å². The number of rotatable bonds is 5. The van der Waals surface area contributed by atoms with Crippen LogP contribution in [0, 0.1) is 5.92 Å². The molecule has 1 atom stereocenters. The van der Waals surface area contributed by atoms with Gasteiger partial charge >= 0.3 is 0 Å². The van der Waals surface area contributed by atoms with Gasteiger partial charge in [-0.05, 0) is 35.7 Å². The van der Waals surface area contributed by atoms with Gasteiger partial charge in [0.05, 0.1) is 13.7 Å². The molecule has 0 bridgehead atoms. The number of halogens is 1. The highest BCUT2D eigenvalue weighted by atomic mass is 35.5. The lowest BCUT2D eigenvalue weighted by molar-refractivity contribution is 0.408. The van der Waals surface area contributed by atoms with Gasteiger partial charge in [-0.1, -0.05) is 25.4 Å². The van der Waals surface area contributed by atoms with Crippen molar-refractivity contribution in [3.05, 3.63) is 52.8 Å². The molecule has 2 N–H and O–H groups in total. The smallest absolute Gasteiger partial charge is 0.123 e. The van der Waals surface area contributed by atoms with Crippen molar-refractivity contribution in [2.45, 2.75) is 26.4 Å². The zero-order chi connectivity index (χ0) is 14.7. The summed E-state index contributed by atoms with van der Waals surface area (Å²) in [6.07, 6.45) is 4.13. The molecule has 0 saturated heterocycles. The van der Waals surface area contributed by atoms with E-state index >= 15 is 0 Å². The number of nitrogens with zero attached hydrogens (tertiary/aromatic N) is 1. The van der Waals surface area contributed by atoms with Crippen molar-refractivity contribution in [1.29, 1.82) is 0 Å². The average molecular weight is 293 g/mol. The lowest BCUT2D eigenvalue weighted by Gasteiger charge is -2.14. The number of benzene rings is 1. The number of hydrogen-bond acceptors (Lipinski definition) is 2. The van der Waals surface area contributed by atoms with Crippen molar-refractivity contribution in [2.24, 2.45) is 11.7 Å². The first kappa shape index (κ1) is 14.9. The van der Waals surface area contributed by atoms with Crippen molar-refractivity contribution in [3.63, 3.8) is 0 Å². The second kappa shape index (κ2) is 6.33. The van der Waals surface area contributed by atoms with E-state index in [9.17, 15) is 0 Å². The van der Waals surface area contributed by atoms with E-state index < -0.39 is 0 Å². The fourth-order valence-electron chi connectivity index (χ4n) is 2.21. The third-order valence-electron chi connectivity index (χ3n) is 3.47. The maximum atomic E-state index is 6.17. The number of ether oxygens (including phenoxy) is 1. The monoisotopic (exact) mass is 292 g/mol. The summed E-state index contributed by atoms with van der Waals surface area (Å²) in [4.78, 5) is 0. The van der Waals surface area contributed by atoms with Crippen molar-refractivity contribution in [3.8, 4) is 5.75 Å². The Morgan fingerprint density at radius 2 is 2.05 bits per heavy atom. The second-order valence-electron chi connectivity index (χ2n) is 5.34. The highest BCUT2D eigenvalue weighted by molar-refractivity contribution is 6.30. The maximum Gasteiger partial charge on any atom is 0.123 e. The summed E-state index contributed by atoms with van der Waals surface area (Å²) in [6, 6.07) is 7.80. The Labute approximate surface area is 125 Å². The van der Waals surface area contributed by atoms with Crippen molar-refractivity contribution < 1.29 is 4.74 Å². The van der Waals surface area contributed by atoms with Crippen LogP contribution in [-0.2, 0) is 6.54 Å². The topological polar surface area (TPSA) is 40.2 Å². The average Bonchev–Trinajstić information content (AvgIpc) is 2.86. The molecule has 1 heterocycles. The van der Waals surface area contributed by atoms with Crippen molar-refractivity contribution >= 4 is 11.6 Å². The number of nitrogens with two attached hydrogens (primary N) is 1. The molecule has 0 radical (unpaired) electrons. The molecule has 4 heteroatoms. The summed E-state index contributed by atoms with van der Waals surface area (Å²) in [7, 11) is 1.67. The third kappa shape index (κ3) is 3.35. The van der Waals surface area contributed by atoms with Crippen LogP contribution in [0.5, 0.6) is 5.75 Å². The van der Waals surface area contributed by atoms with Crippen LogP contribution in [0.1, 0.15) is 31.0 Å². The van der Waals surface area contributed by atoms with Gasteiger partial charge in [0.25, 0.3) is 0 Å². The fourth-order valence-corrected chi connectivity index (χ4v) is 2.40. The number of methoxy groups -OCH3 is 1. The Kier molecular flexibility index (Phi) is 4.73. The second-order valence-corrected chi connectivity index (χ2v) is 5.78. The van der Waals surface area contributed by atoms with Gasteiger partial charge in [0.1, 0.15) is 5.75 Å². The molecule has 0 amide bonds. The first-order valence-electron chi connectivity index (χ1n) is 6.75. The molecule has 108 valence electrons. The molecular formula is C16H21ClN2O. The zero-order valence-electron chi connectivity index (χ0n) is 12.1. The van der Waals surface area contributed by atoms with Crippen LogP contribution < -0.4 is 10.5 Å². The summed E-state index contributed by atoms with van der Waals surface area (Å²) in [5, 5.41) is 0.715. The standard InChI is InChI=1S/C16H21ClN2O/c1-11(2)16(18)12-6-7-19(9-12)10-13-8-14(17)4-5-15(13)20-3/h4-9,11,16H,10,18H2,1-3H3. The van der Waals surface area contributed by atoms with Crippen molar-refractivity contribution in [1.82, 2.24) is 4.57 Å². The molecule has 0 spiro atoms. The van der Waals surface area contributed by atoms with E-state index in [0.29, 0.717) is 17.5 Å². The van der Waals surface area contributed by atoms with E-state index in [1.807, 2.05) is 24.4 Å². The first-order valence-corrected chi connectivity index (χ1v) is 7.12. The summed E-state index contributed by atoms with van der Waals surface area (Å²) in [6.45, 7) is 4.97. The minimum Gasteiger partial charge on any atom is -0.496 e. The molecule has 1 unspecified atom stereocenters. The highest BCUT2D eigenvalue weighted by Gasteiger charge is 2.12. The van der Waals surface area contributed by atoms with Gasteiger partial charge in [0, 0.05) is 29.0 Å². The Bertz CT molecular complexity index is 578. The Morgan fingerprint density at radius 1 is 1.30 bits per heavy atom. The molecular weight excluding hydrogens is 272 g/mol. The minimum absolute atomic E-state index is 0.0671. The van der Waals surface area contributed by atoms with Gasteiger partial charge in [0.2, 0.25) is 0 Å². The molecule has 0 saturated carbocycles. The third-order valence-corrected chi connectivity index (χ3v) is 3.71. The lowest BCUT2D eigenvalue weighted by atomic mass is 10.00. The van der Waals surface area contributed by atoms with Crippen LogP contribution in [0.25, 0.3) is 0 Å². The fraction of sp³-hybridized carbons (Fsp3) is 0.375. The van der Waals surface area contributed by atoms with Gasteiger partial charge in [-0.15, -0.1) is 0 Å². The zero-order valence-corrected chi connectivity index (χ0v) is 12.9. The summed E-state index contributed by atoms with van der Waals surface area (Å²) in [5.74, 6) is 1.27. The first-order chi connectivity index (χ1) is 9.51. The maximum absolute atomic E-state index is 6.17. The van der Waals surface area contributed by atoms with Crippen LogP contribution in [0.2, 0.25) is 5.02 Å². The molecule has 1 aromatic heterocycles. The highest BCUT2D eigenvalue weighted by Crippen LogP contribution is 2.25. The number of aromatic nitrogens is 1. The van der Waals surface area contributed by atoms with Crippen LogP contribution in [0.3, 0.4) is 0 Å². The molecule has 20 heavy (non-hydrogen) atoms. The number of hydrogen-bond donors (Lipinski definition) is 1. The summed E-state index contributed by atoms with van der Waals surface area (Å²) >= 11 is 6.05. The lowest BCUT2D eigenvalue weighted by Crippen LogP contribution is -2.15. The minimum atomic E-state index is 0.0671. The van der Waals surface area contributed by atoms with E-state index in [0.717, 1.165) is 16.9 Å². The van der Waals surface area contributed by atoms with E-state index in [2.05, 4.69) is 30.7 Å². The van der Waals surface area contributed by atoms with Gasteiger partial charge < -0.3 is 15.0 Å². The van der Waals surface area contributed by atoms with Crippen LogP contribution >= 0.6 is 11.6 Å². The Balaban J connectivity index is 2.20. The molecule has 2 aromatic rings. The van der Waals surface area contributed by atoms with E-state index in [1.165, 1.54) is 0 Å². The van der Waals surface area contributed by atoms with E-state index in [-0.39, 0.29) is 6.04 Å². The normalized spacial score (nSPS) is 12.7. The van der Waals surface area contributed by atoms with Crippen LogP contribution in [0.4, 0.5) is 0 Å². The SMILES string of the molecule is COc1ccc(Cl)cc1Cn1ccc(C(N)C(C)C)c1. The van der Waals surface area contributed by atoms with Gasteiger partial charge in [-0.2, -0.15) is 0 Å². The molecule has 0 aliphatic rings. The van der Waals surface area contributed by atoms with Gasteiger partial charge in [0.15, 0.2) is 0 Å². The molecule has 2 rings (SSSR count). The molecule has 0 aliphatic carbocycles. The molecule has 0 aliphatic heterocycles. The summed E-state index contributed by atoms with van der Waals surface area (Å²) < 4.78 is 7.47. The summed E-state index contributed by atoms with van der Waals surface area (Å²) in [5.41, 5.74) is 8.38. The molecule has 0 fully saturated rings. The predicted octanol–water partition coefficient (Wildman–Crippen LogP) is 3.85. The molecule has 3 nitrogen and oxygen atoms in total. The van der Waals surface area contributed by atoms with Gasteiger partial charge in [-0.3, -0.25) is 0 Å². The largest absolute Gasteiger partial charge is 0.496 e. The van der Waals surface area contributed by atoms with E-state index in [4.69, 9.17) is 22.1 Å². The van der Waals surface area contributed by atoms with Crippen LogP contribution in [0.15, 0.2) is 36.7 Å². The van der Waals surface area contributed by atoms with E-state index in [1.54, 1.807) is 7.11 Å². The quantitative estimate of drug-likeness (QED) is 0.909.